The third-order valence-corrected chi connectivity index (χ3v) is 2.90. The molecule has 0 aliphatic heterocycles. The number of aliphatic hydroxyl groups excluding tert-OH is 1. The van der Waals surface area contributed by atoms with Crippen molar-refractivity contribution in [2.75, 3.05) is 27.4 Å². The third-order valence-electron chi connectivity index (χ3n) is 2.06. The number of hydrogen-bond acceptors (Lipinski definition) is 7. The molecule has 0 radical (unpaired) electrons. The Kier molecular flexibility index (Phi) is 10.5. The van der Waals surface area contributed by atoms with Crippen molar-refractivity contribution in [2.24, 2.45) is 0 Å². The molecule has 1 aromatic rings. The van der Waals surface area contributed by atoms with Gasteiger partial charge in [0.05, 0.1) is 26.4 Å². The van der Waals surface area contributed by atoms with E-state index in [1.807, 2.05) is 0 Å². The van der Waals surface area contributed by atoms with Gasteiger partial charge in [0.2, 0.25) is 0 Å². The molecule has 0 aliphatic rings. The first-order chi connectivity index (χ1) is 10.1. The van der Waals surface area contributed by atoms with Gasteiger partial charge in [0, 0.05) is 18.7 Å². The van der Waals surface area contributed by atoms with E-state index in [-0.39, 0.29) is 12.2 Å². The van der Waals surface area contributed by atoms with Gasteiger partial charge in [-0.25, -0.2) is 0 Å². The summed E-state index contributed by atoms with van der Waals surface area (Å²) in [4.78, 5) is 20.4. The monoisotopic (exact) mass is 320 g/mol. The van der Waals surface area contributed by atoms with Crippen molar-refractivity contribution in [1.29, 1.82) is 0 Å². The quantitative estimate of drug-likeness (QED) is 0.587. The van der Waals surface area contributed by atoms with Crippen LogP contribution in [0, 0.1) is 0 Å². The number of methoxy groups -OCH3 is 2. The summed E-state index contributed by atoms with van der Waals surface area (Å²) in [5.74, 6) is 0.912. The highest BCUT2D eigenvalue weighted by atomic mass is 31.2. The molecule has 1 rings (SSSR count). The zero-order valence-corrected chi connectivity index (χ0v) is 13.4. The number of carbonyl (C=O) groups is 1. The van der Waals surface area contributed by atoms with Gasteiger partial charge >= 0.3 is 8.60 Å². The zero-order valence-electron chi connectivity index (χ0n) is 12.5. The number of rotatable bonds is 7. The molecule has 0 saturated heterocycles. The van der Waals surface area contributed by atoms with Crippen LogP contribution in [0.2, 0.25) is 0 Å². The first-order valence-corrected chi connectivity index (χ1v) is 7.32. The predicted octanol–water partition coefficient (Wildman–Crippen LogP) is 2.15. The highest BCUT2D eigenvalue weighted by Gasteiger charge is 2.15. The first-order valence-electron chi connectivity index (χ1n) is 6.19. The van der Waals surface area contributed by atoms with E-state index in [2.05, 4.69) is 0 Å². The molecule has 0 aromatic heterocycles. The molecule has 0 fully saturated rings. The summed E-state index contributed by atoms with van der Waals surface area (Å²) in [7, 11) is 0.848. The maximum atomic E-state index is 10.9. The molecule has 2 N–H and O–H groups in total. The predicted molar refractivity (Wildman–Crippen MR) is 79.1 cm³/mol. The molecule has 0 saturated carbocycles. The lowest BCUT2D eigenvalue weighted by Gasteiger charge is -2.14. The standard InChI is InChI=1S/C11H15O6P.C2H6O/c1-4-16-18(13)17-8-5-10(14-2)9(7-12)11(6-8)15-3;1-2-3/h5-7,13H,4H2,1-3H3;3H,2H2,1H3. The molecular weight excluding hydrogens is 299 g/mol. The third kappa shape index (κ3) is 6.73. The van der Waals surface area contributed by atoms with Crippen molar-refractivity contribution in [1.82, 2.24) is 0 Å². The van der Waals surface area contributed by atoms with Crippen LogP contribution in [0.15, 0.2) is 12.1 Å². The van der Waals surface area contributed by atoms with Crippen LogP contribution >= 0.6 is 8.60 Å². The number of carbonyl (C=O) groups excluding carboxylic acids is 1. The van der Waals surface area contributed by atoms with Gasteiger partial charge in [0.15, 0.2) is 6.29 Å². The molecule has 21 heavy (non-hydrogen) atoms. The van der Waals surface area contributed by atoms with Crippen molar-refractivity contribution in [3.8, 4) is 17.2 Å². The van der Waals surface area contributed by atoms with Crippen LogP contribution in [0.25, 0.3) is 0 Å². The number of hydrogen-bond donors (Lipinski definition) is 2. The summed E-state index contributed by atoms with van der Waals surface area (Å²) in [6, 6.07) is 2.97. The zero-order chi connectivity index (χ0) is 16.3. The van der Waals surface area contributed by atoms with Crippen LogP contribution in [0.5, 0.6) is 17.2 Å². The van der Waals surface area contributed by atoms with Gasteiger partial charge in [-0.15, -0.1) is 0 Å². The molecule has 0 amide bonds. The van der Waals surface area contributed by atoms with Crippen LogP contribution in [-0.2, 0) is 4.52 Å². The van der Waals surface area contributed by atoms with E-state index >= 15 is 0 Å². The van der Waals surface area contributed by atoms with E-state index in [1.165, 1.54) is 26.4 Å². The molecule has 0 aliphatic carbocycles. The largest absolute Gasteiger partial charge is 0.496 e. The summed E-state index contributed by atoms with van der Waals surface area (Å²) in [5, 5.41) is 7.57. The van der Waals surface area contributed by atoms with Gasteiger partial charge < -0.3 is 28.5 Å². The van der Waals surface area contributed by atoms with E-state index in [4.69, 9.17) is 23.6 Å². The lowest BCUT2D eigenvalue weighted by atomic mass is 10.2. The average molecular weight is 320 g/mol. The Morgan fingerprint density at radius 1 is 1.19 bits per heavy atom. The molecule has 0 bridgehead atoms. The molecule has 1 aromatic carbocycles. The van der Waals surface area contributed by atoms with Gasteiger partial charge in [0.1, 0.15) is 17.2 Å². The Labute approximate surface area is 125 Å². The summed E-state index contributed by atoms with van der Waals surface area (Å²) in [6.07, 6.45) is 0.631. The van der Waals surface area contributed by atoms with Gasteiger partial charge in [-0.05, 0) is 13.8 Å². The van der Waals surface area contributed by atoms with Crippen molar-refractivity contribution in [3.63, 3.8) is 0 Å². The molecule has 1 unspecified atom stereocenters. The Bertz CT molecular complexity index is 400. The fourth-order valence-electron chi connectivity index (χ4n) is 1.31. The van der Waals surface area contributed by atoms with E-state index in [1.54, 1.807) is 13.8 Å². The van der Waals surface area contributed by atoms with Crippen molar-refractivity contribution < 1.29 is 33.3 Å². The van der Waals surface area contributed by atoms with Crippen molar-refractivity contribution in [2.45, 2.75) is 13.8 Å². The molecule has 0 spiro atoms. The molecule has 8 heteroatoms. The Balaban J connectivity index is 0.00000122. The minimum Gasteiger partial charge on any atom is -0.496 e. The summed E-state index contributed by atoms with van der Waals surface area (Å²) < 4.78 is 20.2. The van der Waals surface area contributed by atoms with E-state index in [0.717, 1.165) is 0 Å². The summed E-state index contributed by atoms with van der Waals surface area (Å²) in [5.41, 5.74) is 0.283. The first kappa shape index (κ1) is 19.6. The highest BCUT2D eigenvalue weighted by molar-refractivity contribution is 7.41. The van der Waals surface area contributed by atoms with Gasteiger partial charge in [-0.3, -0.25) is 4.79 Å². The molecule has 1 atom stereocenters. The second kappa shape index (κ2) is 11.3. The van der Waals surface area contributed by atoms with Gasteiger partial charge in [-0.2, -0.15) is 0 Å². The number of aldehydes is 1. The second-order valence-electron chi connectivity index (χ2n) is 3.42. The minimum atomic E-state index is -2.01. The summed E-state index contributed by atoms with van der Waals surface area (Å²) >= 11 is 0. The fraction of sp³-hybridized carbons (Fsp3) is 0.462. The lowest BCUT2D eigenvalue weighted by molar-refractivity contribution is 0.111. The van der Waals surface area contributed by atoms with E-state index < -0.39 is 8.60 Å². The maximum Gasteiger partial charge on any atom is 0.394 e. The van der Waals surface area contributed by atoms with E-state index in [0.29, 0.717) is 30.1 Å². The number of aliphatic hydroxyl groups is 1. The molecule has 0 heterocycles. The highest BCUT2D eigenvalue weighted by Crippen LogP contribution is 2.39. The Hall–Kier alpha value is -1.40. The van der Waals surface area contributed by atoms with Crippen molar-refractivity contribution >= 4 is 14.9 Å². The van der Waals surface area contributed by atoms with Crippen LogP contribution in [0.1, 0.15) is 24.2 Å². The van der Waals surface area contributed by atoms with Crippen LogP contribution in [0.4, 0.5) is 0 Å². The average Bonchev–Trinajstić information content (AvgIpc) is 2.47. The van der Waals surface area contributed by atoms with Gasteiger partial charge in [-0.1, -0.05) is 0 Å². The van der Waals surface area contributed by atoms with Crippen molar-refractivity contribution in [3.05, 3.63) is 17.7 Å². The molecular formula is C13H21O7P. The Morgan fingerprint density at radius 3 is 2.00 bits per heavy atom. The second-order valence-corrected chi connectivity index (χ2v) is 4.34. The van der Waals surface area contributed by atoms with Gasteiger partial charge in [0.25, 0.3) is 0 Å². The summed E-state index contributed by atoms with van der Waals surface area (Å²) in [6.45, 7) is 4.01. The Morgan fingerprint density at radius 2 is 1.67 bits per heavy atom. The molecule has 7 nitrogen and oxygen atoms in total. The number of benzene rings is 1. The van der Waals surface area contributed by atoms with E-state index in [9.17, 15) is 9.69 Å². The van der Waals surface area contributed by atoms with Crippen LogP contribution < -0.4 is 14.0 Å². The minimum absolute atomic E-state index is 0.250. The molecule has 120 valence electrons. The SMILES string of the molecule is CCO.CCOP(O)Oc1cc(OC)c(C=O)c(OC)c1. The van der Waals surface area contributed by atoms with Crippen LogP contribution in [0.3, 0.4) is 0 Å². The topological polar surface area (TPSA) is 94.5 Å². The fourth-order valence-corrected chi connectivity index (χ4v) is 1.87. The lowest BCUT2D eigenvalue weighted by Crippen LogP contribution is -1.98. The normalized spacial score (nSPS) is 11.0. The maximum absolute atomic E-state index is 10.9. The smallest absolute Gasteiger partial charge is 0.394 e. The number of ether oxygens (including phenoxy) is 2. The van der Waals surface area contributed by atoms with Crippen LogP contribution in [-0.4, -0.2) is 43.7 Å².